The highest BCUT2D eigenvalue weighted by atomic mass is 32.2. The number of nitrogens with zero attached hydrogens (tertiary/aromatic N) is 1. The fourth-order valence-corrected chi connectivity index (χ4v) is 3.24. The maximum atomic E-state index is 12.8. The van der Waals surface area contributed by atoms with Crippen LogP contribution in [0.4, 0.5) is 13.2 Å². The Balaban J connectivity index is 1.98. The van der Waals surface area contributed by atoms with E-state index in [1.807, 2.05) is 0 Å². The summed E-state index contributed by atoms with van der Waals surface area (Å²) in [7, 11) is -3.89. The van der Waals surface area contributed by atoms with Crippen molar-refractivity contribution in [1.82, 2.24) is 4.98 Å². The number of aliphatic hydroxyl groups is 1. The fourth-order valence-electron chi connectivity index (χ4n) is 2.78. The zero-order valence-corrected chi connectivity index (χ0v) is 14.6. The van der Waals surface area contributed by atoms with Crippen LogP contribution in [0.5, 0.6) is 0 Å². The van der Waals surface area contributed by atoms with E-state index in [9.17, 15) is 26.7 Å². The molecule has 0 bridgehead atoms. The van der Waals surface area contributed by atoms with E-state index >= 15 is 0 Å². The number of sulfonamides is 1. The Morgan fingerprint density at radius 2 is 1.67 bits per heavy atom. The molecule has 27 heavy (non-hydrogen) atoms. The zero-order valence-electron chi connectivity index (χ0n) is 13.8. The number of rotatable bonds is 4. The molecule has 1 aromatic heterocycles. The van der Waals surface area contributed by atoms with E-state index < -0.39 is 21.8 Å². The van der Waals surface area contributed by atoms with Crippen LogP contribution in [0.3, 0.4) is 0 Å². The molecule has 0 saturated carbocycles. The lowest BCUT2D eigenvalue weighted by molar-refractivity contribution is -0.137. The number of alkyl halides is 3. The molecule has 3 N–H and O–H groups in total. The van der Waals surface area contributed by atoms with Crippen molar-refractivity contribution in [3.8, 4) is 0 Å². The molecule has 0 amide bonds. The van der Waals surface area contributed by atoms with Crippen LogP contribution in [0, 0.1) is 5.92 Å². The van der Waals surface area contributed by atoms with Gasteiger partial charge in [-0.3, -0.25) is 4.98 Å². The van der Waals surface area contributed by atoms with E-state index in [4.69, 9.17) is 5.14 Å². The molecule has 0 radical (unpaired) electrons. The molecule has 3 rings (SSSR count). The van der Waals surface area contributed by atoms with Crippen molar-refractivity contribution in [3.05, 3.63) is 71.6 Å². The van der Waals surface area contributed by atoms with Gasteiger partial charge >= 0.3 is 6.18 Å². The third-order valence-electron chi connectivity index (χ3n) is 4.13. The average Bonchev–Trinajstić information content (AvgIpc) is 3.05. The van der Waals surface area contributed by atoms with Crippen LogP contribution >= 0.6 is 0 Å². The second kappa shape index (κ2) is 6.91. The zero-order chi connectivity index (χ0) is 19.8. The molecule has 1 aliphatic carbocycles. The highest BCUT2D eigenvalue weighted by Crippen LogP contribution is 2.39. The molecule has 1 aliphatic rings. The third-order valence-corrected chi connectivity index (χ3v) is 5.03. The molecule has 5 nitrogen and oxygen atoms in total. The number of nitrogens with two attached hydrogens (primary N) is 1. The minimum Gasteiger partial charge on any atom is -0.395 e. The largest absolute Gasteiger partial charge is 0.416 e. The minimum absolute atomic E-state index is 0.149. The van der Waals surface area contributed by atoms with Crippen molar-refractivity contribution < 1.29 is 26.7 Å². The standard InChI is InChI=1S/C18H15F3N2O3S/c19-18(20,21)13-3-1-12(2-4-13)15-7-11(10-24)8-16(15)17-6-5-14(9-23-17)27(22,25)26/h1-9,11,24H,10H2,(H2,22,25,26). The second-order valence-corrected chi connectivity index (χ2v) is 7.57. The number of pyridine rings is 1. The summed E-state index contributed by atoms with van der Waals surface area (Å²) in [6.07, 6.45) is 0.140. The quantitative estimate of drug-likeness (QED) is 0.831. The number of aliphatic hydroxyl groups excluding tert-OH is 1. The predicted octanol–water partition coefficient (Wildman–Crippen LogP) is 2.84. The van der Waals surface area contributed by atoms with Crippen LogP contribution < -0.4 is 5.14 Å². The molecule has 142 valence electrons. The van der Waals surface area contributed by atoms with Crippen LogP contribution in [-0.4, -0.2) is 25.1 Å². The number of aromatic nitrogens is 1. The van der Waals surface area contributed by atoms with Crippen molar-refractivity contribution in [2.24, 2.45) is 11.1 Å². The second-order valence-electron chi connectivity index (χ2n) is 6.01. The third kappa shape index (κ3) is 4.10. The topological polar surface area (TPSA) is 93.3 Å². The Labute approximate surface area is 153 Å². The summed E-state index contributed by atoms with van der Waals surface area (Å²) in [6, 6.07) is 7.43. The highest BCUT2D eigenvalue weighted by molar-refractivity contribution is 7.89. The Bertz CT molecular complexity index is 1010. The van der Waals surface area contributed by atoms with Gasteiger partial charge in [0.1, 0.15) is 4.90 Å². The van der Waals surface area contributed by atoms with Gasteiger partial charge in [0.2, 0.25) is 10.0 Å². The molecule has 1 aromatic carbocycles. The lowest BCUT2D eigenvalue weighted by atomic mass is 9.97. The maximum Gasteiger partial charge on any atom is 0.416 e. The first kappa shape index (κ1) is 19.3. The molecule has 0 fully saturated rings. The van der Waals surface area contributed by atoms with Gasteiger partial charge in [0.25, 0.3) is 0 Å². The van der Waals surface area contributed by atoms with Gasteiger partial charge in [-0.15, -0.1) is 0 Å². The fraction of sp³-hybridized carbons (Fsp3) is 0.167. The van der Waals surface area contributed by atoms with E-state index in [0.29, 0.717) is 22.4 Å². The molecule has 9 heteroatoms. The van der Waals surface area contributed by atoms with Crippen LogP contribution in [-0.2, 0) is 16.2 Å². The van der Waals surface area contributed by atoms with Gasteiger partial charge in [-0.2, -0.15) is 13.2 Å². The molecule has 1 unspecified atom stereocenters. The van der Waals surface area contributed by atoms with E-state index in [0.717, 1.165) is 18.3 Å². The van der Waals surface area contributed by atoms with Crippen LogP contribution in [0.15, 0.2) is 59.6 Å². The number of allylic oxidation sites excluding steroid dienone is 2. The Kier molecular flexibility index (Phi) is 4.94. The van der Waals surface area contributed by atoms with E-state index in [2.05, 4.69) is 4.98 Å². The first-order valence-corrected chi connectivity index (χ1v) is 9.36. The van der Waals surface area contributed by atoms with E-state index in [-0.39, 0.29) is 17.4 Å². The number of halogens is 3. The van der Waals surface area contributed by atoms with Crippen molar-refractivity contribution in [2.45, 2.75) is 11.1 Å². The number of hydrogen-bond acceptors (Lipinski definition) is 4. The van der Waals surface area contributed by atoms with Crippen molar-refractivity contribution in [1.29, 1.82) is 0 Å². The Morgan fingerprint density at radius 3 is 2.15 bits per heavy atom. The SMILES string of the molecule is NS(=O)(=O)c1ccc(C2=CC(CO)C=C2c2ccc(C(F)(F)F)cc2)nc1. The molecule has 1 atom stereocenters. The molecule has 1 heterocycles. The number of benzene rings is 1. The Hall–Kier alpha value is -2.49. The summed E-state index contributed by atoms with van der Waals surface area (Å²) >= 11 is 0. The van der Waals surface area contributed by atoms with Gasteiger partial charge in [-0.25, -0.2) is 13.6 Å². The van der Waals surface area contributed by atoms with Crippen LogP contribution in [0.2, 0.25) is 0 Å². The molecule has 0 saturated heterocycles. The lowest BCUT2D eigenvalue weighted by Gasteiger charge is -2.11. The summed E-state index contributed by atoms with van der Waals surface area (Å²) < 4.78 is 61.0. The average molecular weight is 396 g/mol. The number of hydrogen-bond donors (Lipinski definition) is 2. The molecule has 0 spiro atoms. The molecule has 0 aliphatic heterocycles. The maximum absolute atomic E-state index is 12.8. The normalized spacial score (nSPS) is 17.6. The molecular weight excluding hydrogens is 381 g/mol. The minimum atomic E-state index is -4.43. The number of primary sulfonamides is 1. The highest BCUT2D eigenvalue weighted by Gasteiger charge is 2.30. The summed E-state index contributed by atoms with van der Waals surface area (Å²) in [5.74, 6) is -0.322. The predicted molar refractivity (Wildman–Crippen MR) is 93.6 cm³/mol. The van der Waals surface area contributed by atoms with Gasteiger partial charge in [-0.05, 0) is 35.4 Å². The van der Waals surface area contributed by atoms with Crippen LogP contribution in [0.1, 0.15) is 16.8 Å². The lowest BCUT2D eigenvalue weighted by Crippen LogP contribution is -2.12. The first-order chi connectivity index (χ1) is 12.6. The summed E-state index contributed by atoms with van der Waals surface area (Å²) in [4.78, 5) is 3.95. The Morgan fingerprint density at radius 1 is 1.04 bits per heavy atom. The van der Waals surface area contributed by atoms with Gasteiger partial charge in [0.05, 0.1) is 17.9 Å². The van der Waals surface area contributed by atoms with Crippen molar-refractivity contribution in [3.63, 3.8) is 0 Å². The van der Waals surface area contributed by atoms with E-state index in [1.165, 1.54) is 24.3 Å². The van der Waals surface area contributed by atoms with Gasteiger partial charge in [0.15, 0.2) is 0 Å². The van der Waals surface area contributed by atoms with Gasteiger partial charge < -0.3 is 5.11 Å². The smallest absolute Gasteiger partial charge is 0.395 e. The van der Waals surface area contributed by atoms with Crippen molar-refractivity contribution in [2.75, 3.05) is 6.61 Å². The summed E-state index contributed by atoms with van der Waals surface area (Å²) in [6.45, 7) is -0.178. The van der Waals surface area contributed by atoms with Crippen LogP contribution in [0.25, 0.3) is 11.1 Å². The van der Waals surface area contributed by atoms with Crippen molar-refractivity contribution >= 4 is 21.2 Å². The van der Waals surface area contributed by atoms with E-state index in [1.54, 1.807) is 12.2 Å². The van der Waals surface area contributed by atoms with Gasteiger partial charge in [0, 0.05) is 17.7 Å². The monoisotopic (exact) mass is 396 g/mol. The molecule has 2 aromatic rings. The summed E-state index contributed by atoms with van der Waals surface area (Å²) in [5, 5.41) is 14.5. The first-order valence-electron chi connectivity index (χ1n) is 7.81. The molecular formula is C18H15F3N2O3S. The van der Waals surface area contributed by atoms with Gasteiger partial charge in [-0.1, -0.05) is 24.3 Å². The summed E-state index contributed by atoms with van der Waals surface area (Å²) in [5.41, 5.74) is 1.39.